The molecule has 3 aromatic carbocycles. The van der Waals surface area contributed by atoms with Gasteiger partial charge in [0.05, 0.1) is 18.7 Å². The highest BCUT2D eigenvalue weighted by Crippen LogP contribution is 2.34. The van der Waals surface area contributed by atoms with Crippen molar-refractivity contribution in [3.63, 3.8) is 0 Å². The predicted octanol–water partition coefficient (Wildman–Crippen LogP) is 5.84. The Kier molecular flexibility index (Phi) is 5.32. The smallest absolute Gasteiger partial charge is 0.134 e. The van der Waals surface area contributed by atoms with Crippen molar-refractivity contribution in [2.75, 3.05) is 12.4 Å². The summed E-state index contributed by atoms with van der Waals surface area (Å²) < 4.78 is 19.7. The first-order valence-corrected chi connectivity index (χ1v) is 9.56. The van der Waals surface area contributed by atoms with Gasteiger partial charge in [-0.25, -0.2) is 9.37 Å². The average molecular weight is 397 g/mol. The maximum atomic E-state index is 14.6. The van der Waals surface area contributed by atoms with Crippen LogP contribution in [-0.4, -0.2) is 12.1 Å². The number of ether oxygens (including phenoxy) is 1. The lowest BCUT2D eigenvalue weighted by Crippen LogP contribution is -2.02. The summed E-state index contributed by atoms with van der Waals surface area (Å²) in [5, 5.41) is 14.8. The molecular weight excluding hydrogens is 377 g/mol. The van der Waals surface area contributed by atoms with Crippen molar-refractivity contribution in [2.45, 2.75) is 13.5 Å². The molecule has 0 spiro atoms. The second kappa shape index (κ2) is 8.22. The van der Waals surface area contributed by atoms with Gasteiger partial charge in [0, 0.05) is 29.3 Å². The summed E-state index contributed by atoms with van der Waals surface area (Å²) >= 11 is 0. The Balaban J connectivity index is 1.74. The fourth-order valence-electron chi connectivity index (χ4n) is 3.56. The molecule has 0 fully saturated rings. The van der Waals surface area contributed by atoms with Crippen molar-refractivity contribution < 1.29 is 9.13 Å². The van der Waals surface area contributed by atoms with Crippen LogP contribution in [-0.2, 0) is 6.54 Å². The lowest BCUT2D eigenvalue weighted by Gasteiger charge is -2.13. The molecule has 0 radical (unpaired) electrons. The summed E-state index contributed by atoms with van der Waals surface area (Å²) in [7, 11) is 1.64. The van der Waals surface area contributed by atoms with Gasteiger partial charge in [-0.05, 0) is 59.8 Å². The monoisotopic (exact) mass is 397 g/mol. The highest BCUT2D eigenvalue weighted by atomic mass is 19.1. The number of nitrogens with zero attached hydrogens (tertiary/aromatic N) is 2. The van der Waals surface area contributed by atoms with Crippen LogP contribution in [0.5, 0.6) is 5.75 Å². The number of methoxy groups -OCH3 is 1. The first kappa shape index (κ1) is 19.4. The summed E-state index contributed by atoms with van der Waals surface area (Å²) in [5.74, 6) is 1.14. The van der Waals surface area contributed by atoms with Crippen molar-refractivity contribution in [1.29, 1.82) is 5.26 Å². The van der Waals surface area contributed by atoms with Gasteiger partial charge in [-0.2, -0.15) is 5.26 Å². The minimum absolute atomic E-state index is 0.335. The summed E-state index contributed by atoms with van der Waals surface area (Å²) in [5.41, 5.74) is 3.33. The predicted molar refractivity (Wildman–Crippen MR) is 117 cm³/mol. The molecule has 0 aliphatic carbocycles. The molecule has 0 saturated carbocycles. The van der Waals surface area contributed by atoms with E-state index in [9.17, 15) is 9.65 Å². The molecule has 0 unspecified atom stereocenters. The molecule has 0 aliphatic heterocycles. The maximum absolute atomic E-state index is 14.6. The second-order valence-electron chi connectivity index (χ2n) is 7.02. The molecule has 0 amide bonds. The molecule has 148 valence electrons. The Morgan fingerprint density at radius 1 is 1.10 bits per heavy atom. The molecule has 1 N–H and O–H groups in total. The van der Waals surface area contributed by atoms with Crippen LogP contribution in [0.3, 0.4) is 0 Å². The van der Waals surface area contributed by atoms with E-state index < -0.39 is 0 Å². The third-order valence-electron chi connectivity index (χ3n) is 5.13. The number of pyridine rings is 1. The number of aryl methyl sites for hydroxylation is 1. The Morgan fingerprint density at radius 3 is 2.60 bits per heavy atom. The minimum Gasteiger partial charge on any atom is -0.497 e. The van der Waals surface area contributed by atoms with Crippen LogP contribution in [0.25, 0.3) is 21.9 Å². The summed E-state index contributed by atoms with van der Waals surface area (Å²) in [6.07, 6.45) is 1.71. The van der Waals surface area contributed by atoms with Crippen molar-refractivity contribution in [3.8, 4) is 22.9 Å². The number of hydrogen-bond acceptors (Lipinski definition) is 4. The number of nitrogens with one attached hydrogen (secondary N) is 1. The molecule has 5 heteroatoms. The molecule has 1 aromatic heterocycles. The van der Waals surface area contributed by atoms with Crippen LogP contribution in [0, 0.1) is 24.1 Å². The third kappa shape index (κ3) is 3.68. The summed E-state index contributed by atoms with van der Waals surface area (Å²) in [6.45, 7) is 2.42. The molecular formula is C25H20FN3O. The number of halogens is 1. The van der Waals surface area contributed by atoms with Crippen LogP contribution in [0.15, 0.2) is 66.9 Å². The van der Waals surface area contributed by atoms with Gasteiger partial charge < -0.3 is 10.1 Å². The van der Waals surface area contributed by atoms with Gasteiger partial charge in [0.25, 0.3) is 0 Å². The van der Waals surface area contributed by atoms with E-state index in [1.807, 2.05) is 49.4 Å². The zero-order valence-electron chi connectivity index (χ0n) is 16.7. The molecule has 0 saturated heterocycles. The lowest BCUT2D eigenvalue weighted by atomic mass is 9.93. The minimum atomic E-state index is -0.335. The molecule has 30 heavy (non-hydrogen) atoms. The van der Waals surface area contributed by atoms with Crippen molar-refractivity contribution >= 4 is 16.6 Å². The SMILES string of the molecule is COc1ccc(CNc2nccc3cc(-c4c(C)cccc4F)c(C#N)cc23)cc1. The third-order valence-corrected chi connectivity index (χ3v) is 5.13. The number of hydrogen-bond donors (Lipinski definition) is 1. The van der Waals surface area contributed by atoms with Gasteiger partial charge in [-0.15, -0.1) is 0 Å². The fourth-order valence-corrected chi connectivity index (χ4v) is 3.56. The van der Waals surface area contributed by atoms with E-state index in [1.54, 1.807) is 25.4 Å². The Hall–Kier alpha value is -3.91. The van der Waals surface area contributed by atoms with Gasteiger partial charge in [-0.1, -0.05) is 24.3 Å². The highest BCUT2D eigenvalue weighted by molar-refractivity contribution is 5.97. The van der Waals surface area contributed by atoms with Gasteiger partial charge in [0.1, 0.15) is 17.4 Å². The van der Waals surface area contributed by atoms with Crippen LogP contribution < -0.4 is 10.1 Å². The quantitative estimate of drug-likeness (QED) is 0.459. The van der Waals surface area contributed by atoms with Crippen molar-refractivity contribution in [3.05, 3.63) is 89.4 Å². The number of fused-ring (bicyclic) bond motifs is 1. The molecule has 1 heterocycles. The van der Waals surface area contributed by atoms with E-state index in [0.29, 0.717) is 29.1 Å². The van der Waals surface area contributed by atoms with E-state index in [1.165, 1.54) is 6.07 Å². The molecule has 4 aromatic rings. The molecule has 0 aliphatic rings. The number of benzene rings is 3. The van der Waals surface area contributed by atoms with Gasteiger partial charge in [0.15, 0.2) is 0 Å². The maximum Gasteiger partial charge on any atom is 0.134 e. The van der Waals surface area contributed by atoms with E-state index in [4.69, 9.17) is 4.74 Å². The lowest BCUT2D eigenvalue weighted by molar-refractivity contribution is 0.414. The molecule has 4 rings (SSSR count). The Morgan fingerprint density at radius 2 is 1.90 bits per heavy atom. The van der Waals surface area contributed by atoms with Gasteiger partial charge in [0.2, 0.25) is 0 Å². The van der Waals surface area contributed by atoms with Crippen LogP contribution in [0.2, 0.25) is 0 Å². The van der Waals surface area contributed by atoms with Gasteiger partial charge in [-0.3, -0.25) is 0 Å². The summed E-state index contributed by atoms with van der Waals surface area (Å²) in [6, 6.07) is 20.4. The fraction of sp³-hybridized carbons (Fsp3) is 0.120. The first-order chi connectivity index (χ1) is 14.6. The van der Waals surface area contributed by atoms with Crippen LogP contribution >= 0.6 is 0 Å². The highest BCUT2D eigenvalue weighted by Gasteiger charge is 2.15. The zero-order valence-corrected chi connectivity index (χ0v) is 16.7. The van der Waals surface area contributed by atoms with E-state index >= 15 is 0 Å². The number of anilines is 1. The normalized spacial score (nSPS) is 10.6. The topological polar surface area (TPSA) is 57.9 Å². The number of rotatable bonds is 5. The van der Waals surface area contributed by atoms with Crippen LogP contribution in [0.4, 0.5) is 10.2 Å². The average Bonchev–Trinajstić information content (AvgIpc) is 2.77. The number of nitriles is 1. The molecule has 0 bridgehead atoms. The Bertz CT molecular complexity index is 1240. The van der Waals surface area contributed by atoms with Crippen molar-refractivity contribution in [2.24, 2.45) is 0 Å². The van der Waals surface area contributed by atoms with Crippen molar-refractivity contribution in [1.82, 2.24) is 4.98 Å². The number of aromatic nitrogens is 1. The zero-order chi connectivity index (χ0) is 21.1. The molecule has 4 nitrogen and oxygen atoms in total. The largest absolute Gasteiger partial charge is 0.497 e. The van der Waals surface area contributed by atoms with Gasteiger partial charge >= 0.3 is 0 Å². The first-order valence-electron chi connectivity index (χ1n) is 9.56. The van der Waals surface area contributed by atoms with Crippen LogP contribution in [0.1, 0.15) is 16.7 Å². The molecule has 0 atom stereocenters. The summed E-state index contributed by atoms with van der Waals surface area (Å²) in [4.78, 5) is 4.45. The van der Waals surface area contributed by atoms with E-state index in [2.05, 4.69) is 16.4 Å². The Labute approximate surface area is 174 Å². The van der Waals surface area contributed by atoms with E-state index in [0.717, 1.165) is 27.6 Å². The standard InChI is InChI=1S/C25H20FN3O/c1-16-4-3-5-23(26)24(16)21-12-18-10-11-28-25(22(18)13-19(21)14-27)29-15-17-6-8-20(30-2)9-7-17/h3-13H,15H2,1-2H3,(H,28,29). The van der Waals surface area contributed by atoms with E-state index in [-0.39, 0.29) is 5.82 Å². The second-order valence-corrected chi connectivity index (χ2v) is 7.02.